The summed E-state index contributed by atoms with van der Waals surface area (Å²) in [7, 11) is 1.65. The van der Waals surface area contributed by atoms with E-state index in [-0.39, 0.29) is 0 Å². The zero-order valence-electron chi connectivity index (χ0n) is 10.9. The summed E-state index contributed by atoms with van der Waals surface area (Å²) < 4.78 is 5.11. The Morgan fingerprint density at radius 3 is 3.00 bits per heavy atom. The molecule has 2 heterocycles. The molecule has 4 nitrogen and oxygen atoms in total. The van der Waals surface area contributed by atoms with E-state index in [1.54, 1.807) is 7.11 Å². The van der Waals surface area contributed by atoms with E-state index in [2.05, 4.69) is 27.0 Å². The first-order chi connectivity index (χ1) is 8.88. The third kappa shape index (κ3) is 4.48. The monoisotopic (exact) mass is 267 g/mol. The Hall–Kier alpha value is -0.780. The molecule has 0 unspecified atom stereocenters. The molecule has 2 rings (SSSR count). The molecule has 0 aromatic carbocycles. The average molecular weight is 267 g/mol. The molecule has 100 valence electrons. The van der Waals surface area contributed by atoms with Gasteiger partial charge < -0.3 is 15.0 Å². The number of aromatic nitrogens is 1. The Morgan fingerprint density at radius 1 is 1.39 bits per heavy atom. The first-order valence-corrected chi connectivity index (χ1v) is 7.54. The molecule has 1 aliphatic rings. The number of thioether (sulfide) groups is 1. The van der Waals surface area contributed by atoms with Crippen LogP contribution in [0.1, 0.15) is 5.69 Å². The highest BCUT2D eigenvalue weighted by molar-refractivity contribution is 7.99. The van der Waals surface area contributed by atoms with Crippen LogP contribution >= 0.6 is 11.8 Å². The predicted octanol–water partition coefficient (Wildman–Crippen LogP) is 1.23. The van der Waals surface area contributed by atoms with Gasteiger partial charge in [0.2, 0.25) is 5.88 Å². The maximum absolute atomic E-state index is 5.11. The molecule has 0 saturated carbocycles. The van der Waals surface area contributed by atoms with Crippen LogP contribution in [0.15, 0.2) is 18.2 Å². The molecule has 1 saturated heterocycles. The second-order valence-corrected chi connectivity index (χ2v) is 5.53. The van der Waals surface area contributed by atoms with Crippen LogP contribution in [0.4, 0.5) is 0 Å². The quantitative estimate of drug-likeness (QED) is 0.785. The highest BCUT2D eigenvalue weighted by atomic mass is 32.2. The van der Waals surface area contributed by atoms with E-state index in [4.69, 9.17) is 4.74 Å². The van der Waals surface area contributed by atoms with E-state index in [0.717, 1.165) is 25.3 Å². The van der Waals surface area contributed by atoms with Gasteiger partial charge in [-0.15, -0.1) is 0 Å². The second-order valence-electron chi connectivity index (χ2n) is 4.30. The fraction of sp³-hybridized carbons (Fsp3) is 0.615. The number of hydrogen-bond acceptors (Lipinski definition) is 5. The first-order valence-electron chi connectivity index (χ1n) is 6.39. The molecule has 0 aliphatic carbocycles. The van der Waals surface area contributed by atoms with Crippen LogP contribution in [0, 0.1) is 0 Å². The zero-order valence-corrected chi connectivity index (χ0v) is 11.7. The predicted molar refractivity (Wildman–Crippen MR) is 76.3 cm³/mol. The van der Waals surface area contributed by atoms with E-state index in [9.17, 15) is 0 Å². The Kier molecular flexibility index (Phi) is 5.77. The molecule has 0 radical (unpaired) electrons. The smallest absolute Gasteiger partial charge is 0.213 e. The maximum Gasteiger partial charge on any atom is 0.213 e. The van der Waals surface area contributed by atoms with Crippen molar-refractivity contribution in [2.45, 2.75) is 6.54 Å². The average Bonchev–Trinajstić information content (AvgIpc) is 2.45. The summed E-state index contributed by atoms with van der Waals surface area (Å²) in [5.74, 6) is 3.23. The van der Waals surface area contributed by atoms with Crippen LogP contribution in [0.25, 0.3) is 0 Å². The molecule has 1 aromatic rings. The normalized spacial score (nSPS) is 16.7. The Bertz CT molecular complexity index is 356. The molecule has 1 aliphatic heterocycles. The summed E-state index contributed by atoms with van der Waals surface area (Å²) in [5, 5.41) is 3.43. The Morgan fingerprint density at radius 2 is 2.22 bits per heavy atom. The molecule has 1 fully saturated rings. The topological polar surface area (TPSA) is 37.4 Å². The molecule has 5 heteroatoms. The number of pyridine rings is 1. The van der Waals surface area contributed by atoms with E-state index < -0.39 is 0 Å². The largest absolute Gasteiger partial charge is 0.481 e. The Balaban J connectivity index is 1.65. The van der Waals surface area contributed by atoms with Gasteiger partial charge in [0.15, 0.2) is 0 Å². The van der Waals surface area contributed by atoms with Gasteiger partial charge in [-0.2, -0.15) is 11.8 Å². The Labute approximate surface area is 113 Å². The van der Waals surface area contributed by atoms with E-state index in [1.165, 1.54) is 24.6 Å². The summed E-state index contributed by atoms with van der Waals surface area (Å²) in [6.07, 6.45) is 0. The molecular formula is C13H21N3OS. The van der Waals surface area contributed by atoms with Gasteiger partial charge in [0.1, 0.15) is 0 Å². The van der Waals surface area contributed by atoms with Crippen LogP contribution in [0.2, 0.25) is 0 Å². The highest BCUT2D eigenvalue weighted by Gasteiger charge is 2.08. The molecule has 1 N–H and O–H groups in total. The van der Waals surface area contributed by atoms with Crippen molar-refractivity contribution < 1.29 is 4.74 Å². The van der Waals surface area contributed by atoms with Gasteiger partial charge in [0.05, 0.1) is 12.8 Å². The van der Waals surface area contributed by atoms with Gasteiger partial charge >= 0.3 is 0 Å². The fourth-order valence-electron chi connectivity index (χ4n) is 1.95. The molecule has 0 atom stereocenters. The lowest BCUT2D eigenvalue weighted by molar-refractivity contribution is 0.300. The number of ether oxygens (including phenoxy) is 1. The fourth-order valence-corrected chi connectivity index (χ4v) is 2.93. The summed E-state index contributed by atoms with van der Waals surface area (Å²) >= 11 is 2.05. The van der Waals surface area contributed by atoms with Crippen molar-refractivity contribution in [2.24, 2.45) is 0 Å². The van der Waals surface area contributed by atoms with Crippen molar-refractivity contribution in [1.82, 2.24) is 15.2 Å². The minimum Gasteiger partial charge on any atom is -0.481 e. The van der Waals surface area contributed by atoms with E-state index >= 15 is 0 Å². The van der Waals surface area contributed by atoms with Crippen molar-refractivity contribution in [3.63, 3.8) is 0 Å². The number of rotatable bonds is 6. The number of hydrogen-bond donors (Lipinski definition) is 1. The summed E-state index contributed by atoms with van der Waals surface area (Å²) in [5.41, 5.74) is 1.03. The highest BCUT2D eigenvalue weighted by Crippen LogP contribution is 2.08. The number of nitrogens with one attached hydrogen (secondary N) is 1. The van der Waals surface area contributed by atoms with Crippen LogP contribution in [0.3, 0.4) is 0 Å². The van der Waals surface area contributed by atoms with Crippen molar-refractivity contribution >= 4 is 11.8 Å². The van der Waals surface area contributed by atoms with Gasteiger partial charge in [0.25, 0.3) is 0 Å². The second kappa shape index (κ2) is 7.61. The molecule has 1 aromatic heterocycles. The van der Waals surface area contributed by atoms with Crippen molar-refractivity contribution in [3.05, 3.63) is 23.9 Å². The zero-order chi connectivity index (χ0) is 12.6. The van der Waals surface area contributed by atoms with Crippen molar-refractivity contribution in [1.29, 1.82) is 0 Å². The van der Waals surface area contributed by atoms with Crippen molar-refractivity contribution in [2.75, 3.05) is 44.8 Å². The standard InChI is InChI=1S/C13H21N3OS/c1-17-13-4-2-3-12(15-13)11-14-5-6-16-7-9-18-10-8-16/h2-4,14H,5-11H2,1H3. The van der Waals surface area contributed by atoms with Gasteiger partial charge in [-0.3, -0.25) is 0 Å². The summed E-state index contributed by atoms with van der Waals surface area (Å²) in [6, 6.07) is 5.87. The van der Waals surface area contributed by atoms with Gasteiger partial charge in [-0.1, -0.05) is 6.07 Å². The molecule has 18 heavy (non-hydrogen) atoms. The number of methoxy groups -OCH3 is 1. The third-order valence-corrected chi connectivity index (χ3v) is 3.95. The van der Waals surface area contributed by atoms with Crippen LogP contribution in [-0.2, 0) is 6.54 Å². The van der Waals surface area contributed by atoms with Gasteiger partial charge in [0, 0.05) is 50.3 Å². The summed E-state index contributed by atoms with van der Waals surface area (Å²) in [6.45, 7) is 5.40. The minimum absolute atomic E-state index is 0.683. The van der Waals surface area contributed by atoms with E-state index in [1.807, 2.05) is 18.2 Å². The SMILES string of the molecule is COc1cccc(CNCCN2CCSCC2)n1. The van der Waals surface area contributed by atoms with Crippen LogP contribution in [-0.4, -0.2) is 54.7 Å². The van der Waals surface area contributed by atoms with Crippen LogP contribution < -0.4 is 10.1 Å². The summed E-state index contributed by atoms with van der Waals surface area (Å²) in [4.78, 5) is 6.89. The third-order valence-electron chi connectivity index (χ3n) is 3.00. The minimum atomic E-state index is 0.683. The lowest BCUT2D eigenvalue weighted by Crippen LogP contribution is -2.37. The molecular weight excluding hydrogens is 246 g/mol. The lowest BCUT2D eigenvalue weighted by atomic mass is 10.3. The van der Waals surface area contributed by atoms with Crippen molar-refractivity contribution in [3.8, 4) is 5.88 Å². The van der Waals surface area contributed by atoms with Gasteiger partial charge in [-0.05, 0) is 6.07 Å². The van der Waals surface area contributed by atoms with Crippen LogP contribution in [0.5, 0.6) is 5.88 Å². The number of nitrogens with zero attached hydrogens (tertiary/aromatic N) is 2. The van der Waals surface area contributed by atoms with Gasteiger partial charge in [-0.25, -0.2) is 4.98 Å². The maximum atomic E-state index is 5.11. The first kappa shape index (κ1) is 13.6. The van der Waals surface area contributed by atoms with E-state index in [0.29, 0.717) is 5.88 Å². The molecule has 0 amide bonds. The molecule has 0 spiro atoms. The lowest BCUT2D eigenvalue weighted by Gasteiger charge is -2.26. The molecule has 0 bridgehead atoms.